The number of phenols is 1. The number of amides is 2. The van der Waals surface area contributed by atoms with E-state index in [0.29, 0.717) is 31.6 Å². The minimum absolute atomic E-state index is 0.217. The van der Waals surface area contributed by atoms with Crippen LogP contribution in [0.3, 0.4) is 0 Å². The Morgan fingerprint density at radius 3 is 2.53 bits per heavy atom. The molecule has 2 N–H and O–H groups in total. The van der Waals surface area contributed by atoms with Gasteiger partial charge in [0.1, 0.15) is 29.5 Å². The van der Waals surface area contributed by atoms with E-state index < -0.39 is 5.60 Å². The molecule has 3 rings (SSSR count). The van der Waals surface area contributed by atoms with Gasteiger partial charge in [-0.1, -0.05) is 12.1 Å². The smallest absolute Gasteiger partial charge is 0.239 e. The first-order chi connectivity index (χ1) is 16.1. The predicted octanol–water partition coefficient (Wildman–Crippen LogP) is 4.17. The first-order valence-corrected chi connectivity index (χ1v) is 12.5. The molecule has 8 heteroatoms. The molecule has 2 aromatic rings. The van der Waals surface area contributed by atoms with Crippen LogP contribution in [0.2, 0.25) is 0 Å². The van der Waals surface area contributed by atoms with Crippen LogP contribution in [0.25, 0.3) is 0 Å². The molecule has 3 atom stereocenters. The summed E-state index contributed by atoms with van der Waals surface area (Å²) >= 11 is 1.40. The van der Waals surface area contributed by atoms with Gasteiger partial charge in [0.25, 0.3) is 0 Å². The Bertz CT molecular complexity index is 1050. The van der Waals surface area contributed by atoms with Gasteiger partial charge in [-0.15, -0.1) is 0 Å². The number of thioether (sulfide) groups is 1. The van der Waals surface area contributed by atoms with Crippen LogP contribution in [0, 0.1) is 20.8 Å². The Morgan fingerprint density at radius 1 is 1.26 bits per heavy atom. The number of benzene rings is 2. The number of fused-ring (bicyclic) bond motifs is 1. The van der Waals surface area contributed by atoms with Crippen LogP contribution in [0.4, 0.5) is 0 Å². The second-order valence-corrected chi connectivity index (χ2v) is 9.97. The van der Waals surface area contributed by atoms with Crippen molar-refractivity contribution >= 4 is 24.1 Å². The van der Waals surface area contributed by atoms with Gasteiger partial charge in [0.15, 0.2) is 0 Å². The summed E-state index contributed by atoms with van der Waals surface area (Å²) in [5, 5.41) is 12.4. The molecular weight excluding hydrogens is 454 g/mol. The third kappa shape index (κ3) is 5.33. The van der Waals surface area contributed by atoms with E-state index in [-0.39, 0.29) is 23.0 Å². The molecule has 2 amide bonds. The number of hydrogen-bond acceptors (Lipinski definition) is 7. The monoisotopic (exact) mass is 487 g/mol. The zero-order valence-electron chi connectivity index (χ0n) is 20.6. The number of rotatable bonds is 9. The minimum Gasteiger partial charge on any atom is -0.507 e. The lowest BCUT2D eigenvalue weighted by Crippen LogP contribution is -2.44. The number of methoxy groups -OCH3 is 1. The standard InChI is InChI=1S/C26H33NO6S/c1-15-16(2)24-22(17(3)23(15)29)20(31-5)12-26(4,33-24)13-32-19-9-7-18(8-10-19)11-21(34-6)25(30)27-14-28/h7-10,14,20-21,29H,11-13H2,1-6H3,(H,27,28,30). The van der Waals surface area contributed by atoms with Crippen molar-refractivity contribution in [2.45, 2.75) is 57.5 Å². The normalized spacial score (nSPS) is 20.1. The molecule has 0 bridgehead atoms. The summed E-state index contributed by atoms with van der Waals surface area (Å²) in [6, 6.07) is 7.58. The van der Waals surface area contributed by atoms with Gasteiger partial charge in [0.05, 0.1) is 11.4 Å². The number of ether oxygens (including phenoxy) is 3. The van der Waals surface area contributed by atoms with Gasteiger partial charge in [0, 0.05) is 24.7 Å². The Morgan fingerprint density at radius 2 is 1.94 bits per heavy atom. The third-order valence-electron chi connectivity index (χ3n) is 6.50. The average Bonchev–Trinajstić information content (AvgIpc) is 2.83. The number of nitrogens with one attached hydrogen (secondary N) is 1. The largest absolute Gasteiger partial charge is 0.507 e. The van der Waals surface area contributed by atoms with E-state index in [9.17, 15) is 14.7 Å². The summed E-state index contributed by atoms with van der Waals surface area (Å²) in [5.41, 5.74) is 3.74. The van der Waals surface area contributed by atoms with Gasteiger partial charge >= 0.3 is 0 Å². The van der Waals surface area contributed by atoms with E-state index in [1.165, 1.54) is 11.8 Å². The Balaban J connectivity index is 1.72. The summed E-state index contributed by atoms with van der Waals surface area (Å²) in [5.74, 6) is 1.44. The molecule has 7 nitrogen and oxygen atoms in total. The van der Waals surface area contributed by atoms with Crippen LogP contribution >= 0.6 is 11.8 Å². The van der Waals surface area contributed by atoms with Crippen LogP contribution in [-0.4, -0.2) is 48.2 Å². The van der Waals surface area contributed by atoms with Crippen molar-refractivity contribution in [1.29, 1.82) is 0 Å². The van der Waals surface area contributed by atoms with Crippen LogP contribution in [0.1, 0.15) is 47.3 Å². The average molecular weight is 488 g/mol. The first-order valence-electron chi connectivity index (χ1n) is 11.2. The molecule has 0 saturated heterocycles. The van der Waals surface area contributed by atoms with E-state index in [4.69, 9.17) is 14.2 Å². The fourth-order valence-electron chi connectivity index (χ4n) is 4.33. The van der Waals surface area contributed by atoms with Crippen molar-refractivity contribution in [2.75, 3.05) is 20.0 Å². The van der Waals surface area contributed by atoms with Crippen molar-refractivity contribution in [3.05, 3.63) is 52.1 Å². The molecular formula is C26H33NO6S. The predicted molar refractivity (Wildman–Crippen MR) is 133 cm³/mol. The number of hydrogen-bond donors (Lipinski definition) is 2. The van der Waals surface area contributed by atoms with Crippen LogP contribution in [-0.2, 0) is 20.7 Å². The molecule has 0 aliphatic carbocycles. The Hall–Kier alpha value is -2.71. The second-order valence-electron chi connectivity index (χ2n) is 8.93. The fourth-order valence-corrected chi connectivity index (χ4v) is 4.97. The maximum Gasteiger partial charge on any atom is 0.239 e. The molecule has 3 unspecified atom stereocenters. The van der Waals surface area contributed by atoms with E-state index in [1.807, 2.05) is 58.2 Å². The molecule has 184 valence electrons. The van der Waals surface area contributed by atoms with Gasteiger partial charge in [-0.05, 0) is 69.2 Å². The molecule has 0 aromatic heterocycles. The zero-order chi connectivity index (χ0) is 25.0. The summed E-state index contributed by atoms with van der Waals surface area (Å²) in [7, 11) is 1.67. The van der Waals surface area contributed by atoms with Crippen LogP contribution in [0.15, 0.2) is 24.3 Å². The summed E-state index contributed by atoms with van der Waals surface area (Å²) in [6.07, 6.45) is 3.13. The number of aromatic hydroxyl groups is 1. The van der Waals surface area contributed by atoms with Gasteiger partial charge in [-0.3, -0.25) is 14.9 Å². The Kier molecular flexibility index (Phi) is 8.15. The molecule has 0 saturated carbocycles. The molecule has 0 radical (unpaired) electrons. The number of carbonyl (C=O) groups is 2. The zero-order valence-corrected chi connectivity index (χ0v) is 21.4. The summed E-state index contributed by atoms with van der Waals surface area (Å²) in [4.78, 5) is 22.5. The SMILES string of the molecule is COC1CC(C)(COc2ccc(CC(SC)C(=O)NC=O)cc2)Oc2c(C)c(C)c(O)c(C)c21. The highest BCUT2D eigenvalue weighted by Gasteiger charge is 2.41. The highest BCUT2D eigenvalue weighted by atomic mass is 32.2. The molecule has 1 heterocycles. The lowest BCUT2D eigenvalue weighted by Gasteiger charge is -2.41. The van der Waals surface area contributed by atoms with E-state index in [1.54, 1.807) is 7.11 Å². The van der Waals surface area contributed by atoms with Crippen LogP contribution in [0.5, 0.6) is 17.2 Å². The van der Waals surface area contributed by atoms with Gasteiger partial charge in [-0.25, -0.2) is 0 Å². The molecule has 0 spiro atoms. The third-order valence-corrected chi connectivity index (χ3v) is 7.45. The molecule has 0 fully saturated rings. The van der Waals surface area contributed by atoms with Crippen molar-refractivity contribution in [3.8, 4) is 17.2 Å². The second kappa shape index (κ2) is 10.7. The van der Waals surface area contributed by atoms with Crippen LogP contribution < -0.4 is 14.8 Å². The molecule has 34 heavy (non-hydrogen) atoms. The number of imide groups is 1. The van der Waals surface area contributed by atoms with E-state index in [0.717, 1.165) is 33.6 Å². The van der Waals surface area contributed by atoms with Crippen molar-refractivity contribution in [3.63, 3.8) is 0 Å². The number of carbonyl (C=O) groups excluding carboxylic acids is 2. The molecule has 2 aromatic carbocycles. The highest BCUT2D eigenvalue weighted by molar-refractivity contribution is 7.99. The van der Waals surface area contributed by atoms with Crippen molar-refractivity contribution in [2.24, 2.45) is 0 Å². The van der Waals surface area contributed by atoms with E-state index in [2.05, 4.69) is 5.32 Å². The van der Waals surface area contributed by atoms with Crippen molar-refractivity contribution in [1.82, 2.24) is 5.32 Å². The first kappa shape index (κ1) is 25.9. The minimum atomic E-state index is -0.621. The molecule has 1 aliphatic heterocycles. The topological polar surface area (TPSA) is 94.1 Å². The van der Waals surface area contributed by atoms with Gasteiger partial charge in [-0.2, -0.15) is 11.8 Å². The van der Waals surface area contributed by atoms with Gasteiger partial charge < -0.3 is 19.3 Å². The maximum atomic E-state index is 12.0. The summed E-state index contributed by atoms with van der Waals surface area (Å²) < 4.78 is 18.4. The maximum absolute atomic E-state index is 12.0. The highest BCUT2D eigenvalue weighted by Crippen LogP contribution is 2.48. The quantitative estimate of drug-likeness (QED) is 0.513. The fraction of sp³-hybridized carbons (Fsp3) is 0.462. The summed E-state index contributed by atoms with van der Waals surface area (Å²) in [6.45, 7) is 8.04. The van der Waals surface area contributed by atoms with Gasteiger partial charge in [0.2, 0.25) is 12.3 Å². The molecule has 1 aliphatic rings. The van der Waals surface area contributed by atoms with Crippen molar-refractivity contribution < 1.29 is 28.9 Å². The lowest BCUT2D eigenvalue weighted by atomic mass is 9.85. The number of phenolic OH excluding ortho intramolecular Hbond substituents is 1. The van der Waals surface area contributed by atoms with E-state index >= 15 is 0 Å². The Labute approximate surface area is 205 Å². The lowest BCUT2D eigenvalue weighted by molar-refractivity contribution is -0.124.